The van der Waals surface area contributed by atoms with Crippen LogP contribution in [0.4, 0.5) is 5.13 Å². The molecule has 1 spiro atoms. The van der Waals surface area contributed by atoms with Gasteiger partial charge in [0.05, 0.1) is 17.7 Å². The number of thiazole rings is 1. The van der Waals surface area contributed by atoms with Crippen LogP contribution in [0.1, 0.15) is 67.6 Å². The normalized spacial score (nSPS) is 21.2. The van der Waals surface area contributed by atoms with Gasteiger partial charge in [0.1, 0.15) is 17.2 Å². The molecule has 4 rings (SSSR count). The molecule has 0 radical (unpaired) electrons. The van der Waals surface area contributed by atoms with Crippen molar-refractivity contribution in [2.24, 2.45) is 11.3 Å². The number of fused-ring (bicyclic) bond motifs is 1. The molecule has 1 saturated heterocycles. The van der Waals surface area contributed by atoms with Crippen molar-refractivity contribution in [3.63, 3.8) is 0 Å². The van der Waals surface area contributed by atoms with Gasteiger partial charge in [-0.1, -0.05) is 49.8 Å². The monoisotopic (exact) mass is 484 g/mol. The van der Waals surface area contributed by atoms with Crippen LogP contribution in [0, 0.1) is 11.3 Å². The summed E-state index contributed by atoms with van der Waals surface area (Å²) in [5, 5.41) is 3.74. The molecule has 0 saturated carbocycles. The Hall–Kier alpha value is -2.61. The molecule has 0 bridgehead atoms. The Balaban J connectivity index is 1.50. The second kappa shape index (κ2) is 10.8. The number of benzene rings is 1. The lowest BCUT2D eigenvalue weighted by Crippen LogP contribution is -2.53. The standard InChI is InChI=1S/C26H36N4O3S/c1-18(2)15-20-17-33-21-9-4-3-7-19(21)8-5-6-10-26(24(32)29-20)11-13-30(14-12-26)23(31)22-16-28-25(27)34-22/h3-4,7,9,16,18,20H,5-6,8,10-15,17H2,1-2H3,(H2,27,28)(H,29,32)/t20-/m0/s1. The first-order valence-corrected chi connectivity index (χ1v) is 13.2. The summed E-state index contributed by atoms with van der Waals surface area (Å²) in [6.07, 6.45) is 7.51. The molecule has 3 N–H and O–H groups in total. The number of nitrogens with one attached hydrogen (secondary N) is 1. The average Bonchev–Trinajstić information content (AvgIpc) is 3.26. The molecular formula is C26H36N4O3S. The van der Waals surface area contributed by atoms with E-state index < -0.39 is 5.41 Å². The quantitative estimate of drug-likeness (QED) is 0.678. The molecule has 1 fully saturated rings. The van der Waals surface area contributed by atoms with Crippen molar-refractivity contribution in [1.29, 1.82) is 0 Å². The lowest BCUT2D eigenvalue weighted by molar-refractivity contribution is -0.135. The largest absolute Gasteiger partial charge is 0.491 e. The maximum absolute atomic E-state index is 13.7. The summed E-state index contributed by atoms with van der Waals surface area (Å²) in [7, 11) is 0. The Bertz CT molecular complexity index is 997. The molecule has 34 heavy (non-hydrogen) atoms. The van der Waals surface area contributed by atoms with E-state index in [1.165, 1.54) is 16.9 Å². The van der Waals surface area contributed by atoms with Crippen LogP contribution >= 0.6 is 11.3 Å². The summed E-state index contributed by atoms with van der Waals surface area (Å²) < 4.78 is 6.21. The second-order valence-electron chi connectivity index (χ2n) is 10.1. The van der Waals surface area contributed by atoms with E-state index in [-0.39, 0.29) is 17.9 Å². The SMILES string of the molecule is CC(C)C[C@H]1COc2ccccc2CCCCC2(CCN(C(=O)c3cnc(N)s3)CC2)C(=O)N1. The molecule has 2 aliphatic rings. The van der Waals surface area contributed by atoms with E-state index in [0.717, 1.165) is 37.9 Å². The van der Waals surface area contributed by atoms with Crippen molar-refractivity contribution in [1.82, 2.24) is 15.2 Å². The summed E-state index contributed by atoms with van der Waals surface area (Å²) in [5.74, 6) is 1.45. The van der Waals surface area contributed by atoms with Crippen LogP contribution in [-0.4, -0.2) is 47.4 Å². The third-order valence-corrected chi connectivity index (χ3v) is 7.89. The zero-order valence-corrected chi connectivity index (χ0v) is 21.0. The van der Waals surface area contributed by atoms with Gasteiger partial charge in [-0.3, -0.25) is 9.59 Å². The average molecular weight is 485 g/mol. The van der Waals surface area contributed by atoms with E-state index in [4.69, 9.17) is 10.5 Å². The van der Waals surface area contributed by atoms with Crippen LogP contribution < -0.4 is 15.8 Å². The number of piperidine rings is 1. The Morgan fingerprint density at radius 3 is 2.74 bits per heavy atom. The van der Waals surface area contributed by atoms with Crippen molar-refractivity contribution < 1.29 is 14.3 Å². The molecule has 2 amide bonds. The number of aromatic nitrogens is 1. The highest BCUT2D eigenvalue weighted by atomic mass is 32.1. The molecule has 1 aromatic heterocycles. The Morgan fingerprint density at radius 2 is 2.03 bits per heavy atom. The lowest BCUT2D eigenvalue weighted by Gasteiger charge is -2.41. The third-order valence-electron chi connectivity index (χ3n) is 7.08. The van der Waals surface area contributed by atoms with Gasteiger partial charge in [-0.05, 0) is 56.1 Å². The molecule has 184 valence electrons. The van der Waals surface area contributed by atoms with Gasteiger partial charge in [0.2, 0.25) is 5.91 Å². The number of nitrogens with two attached hydrogens (primary N) is 1. The predicted molar refractivity (Wildman–Crippen MR) is 135 cm³/mol. The zero-order valence-electron chi connectivity index (χ0n) is 20.2. The maximum atomic E-state index is 13.7. The highest BCUT2D eigenvalue weighted by Gasteiger charge is 2.42. The number of carbonyl (C=O) groups is 2. The number of amides is 2. The summed E-state index contributed by atoms with van der Waals surface area (Å²) in [4.78, 5) is 33.0. The molecule has 2 aromatic rings. The van der Waals surface area contributed by atoms with Crippen LogP contribution in [0.5, 0.6) is 5.75 Å². The Labute approximate surface area is 206 Å². The summed E-state index contributed by atoms with van der Waals surface area (Å²) in [5.41, 5.74) is 6.50. The number of para-hydroxylation sites is 1. The van der Waals surface area contributed by atoms with Gasteiger partial charge < -0.3 is 20.7 Å². The van der Waals surface area contributed by atoms with Gasteiger partial charge in [0.15, 0.2) is 5.13 Å². The second-order valence-corrected chi connectivity index (χ2v) is 11.1. The molecule has 2 aliphatic heterocycles. The smallest absolute Gasteiger partial charge is 0.265 e. The minimum absolute atomic E-state index is 0.0414. The van der Waals surface area contributed by atoms with Crippen LogP contribution in [-0.2, 0) is 11.2 Å². The zero-order chi connectivity index (χ0) is 24.1. The number of nitrogens with zero attached hydrogens (tertiary/aromatic N) is 2. The number of aryl methyl sites for hydroxylation is 1. The van der Waals surface area contributed by atoms with E-state index in [1.54, 1.807) is 6.20 Å². The highest BCUT2D eigenvalue weighted by molar-refractivity contribution is 7.17. The van der Waals surface area contributed by atoms with Crippen molar-refractivity contribution in [2.45, 2.75) is 64.8 Å². The maximum Gasteiger partial charge on any atom is 0.265 e. The van der Waals surface area contributed by atoms with Crippen molar-refractivity contribution in [3.05, 3.63) is 40.9 Å². The summed E-state index contributed by atoms with van der Waals surface area (Å²) in [6, 6.07) is 8.19. The number of rotatable bonds is 3. The van der Waals surface area contributed by atoms with Crippen LogP contribution in [0.15, 0.2) is 30.5 Å². The van der Waals surface area contributed by atoms with E-state index >= 15 is 0 Å². The number of ether oxygens (including phenoxy) is 1. The lowest BCUT2D eigenvalue weighted by atomic mass is 9.73. The molecule has 8 heteroatoms. The van der Waals surface area contributed by atoms with Gasteiger partial charge in [0, 0.05) is 13.1 Å². The topological polar surface area (TPSA) is 97.6 Å². The molecule has 0 aliphatic carbocycles. The fourth-order valence-corrected chi connectivity index (χ4v) is 5.82. The van der Waals surface area contributed by atoms with Crippen LogP contribution in [0.3, 0.4) is 0 Å². The van der Waals surface area contributed by atoms with E-state index in [1.807, 2.05) is 17.0 Å². The van der Waals surface area contributed by atoms with Gasteiger partial charge in [-0.15, -0.1) is 0 Å². The predicted octanol–water partition coefficient (Wildman–Crippen LogP) is 4.28. The van der Waals surface area contributed by atoms with Gasteiger partial charge in [0.25, 0.3) is 5.91 Å². The number of hydrogen-bond donors (Lipinski definition) is 2. The van der Waals surface area contributed by atoms with Gasteiger partial charge in [-0.2, -0.15) is 0 Å². The first-order chi connectivity index (χ1) is 16.4. The molecule has 1 atom stereocenters. The summed E-state index contributed by atoms with van der Waals surface area (Å²) in [6.45, 7) is 5.94. The van der Waals surface area contributed by atoms with Crippen LogP contribution in [0.25, 0.3) is 0 Å². The fraction of sp³-hybridized carbons (Fsp3) is 0.577. The number of nitrogen functional groups attached to an aromatic ring is 1. The molecular weight excluding hydrogens is 448 g/mol. The minimum atomic E-state index is -0.447. The number of likely N-dealkylation sites (tertiary alicyclic amines) is 1. The molecule has 1 aromatic carbocycles. The first kappa shape index (κ1) is 24.5. The van der Waals surface area contributed by atoms with Crippen molar-refractivity contribution >= 4 is 28.3 Å². The van der Waals surface area contributed by atoms with E-state index in [0.29, 0.717) is 48.5 Å². The van der Waals surface area contributed by atoms with E-state index in [2.05, 4.69) is 36.3 Å². The molecule has 7 nitrogen and oxygen atoms in total. The van der Waals surface area contributed by atoms with E-state index in [9.17, 15) is 9.59 Å². The van der Waals surface area contributed by atoms with Gasteiger partial charge in [-0.25, -0.2) is 4.98 Å². The Kier molecular flexibility index (Phi) is 7.76. The number of carbonyl (C=O) groups excluding carboxylic acids is 2. The summed E-state index contributed by atoms with van der Waals surface area (Å²) >= 11 is 1.22. The number of anilines is 1. The fourth-order valence-electron chi connectivity index (χ4n) is 5.17. The van der Waals surface area contributed by atoms with Crippen molar-refractivity contribution in [3.8, 4) is 5.75 Å². The van der Waals surface area contributed by atoms with Crippen molar-refractivity contribution in [2.75, 3.05) is 25.4 Å². The molecule has 3 heterocycles. The first-order valence-electron chi connectivity index (χ1n) is 12.4. The molecule has 0 unspecified atom stereocenters. The minimum Gasteiger partial charge on any atom is -0.491 e. The third kappa shape index (κ3) is 5.71. The van der Waals surface area contributed by atoms with Crippen LogP contribution in [0.2, 0.25) is 0 Å². The van der Waals surface area contributed by atoms with Gasteiger partial charge >= 0.3 is 0 Å². The Morgan fingerprint density at radius 1 is 1.26 bits per heavy atom. The number of hydrogen-bond acceptors (Lipinski definition) is 6. The highest BCUT2D eigenvalue weighted by Crippen LogP contribution is 2.38.